The van der Waals surface area contributed by atoms with Gasteiger partial charge in [-0.2, -0.15) is 13.2 Å². The molecule has 1 atom stereocenters. The van der Waals surface area contributed by atoms with Crippen molar-refractivity contribution in [1.29, 1.82) is 0 Å². The van der Waals surface area contributed by atoms with Crippen molar-refractivity contribution in [3.8, 4) is 10.4 Å². The van der Waals surface area contributed by atoms with Crippen LogP contribution in [-0.2, 0) is 19.6 Å². The van der Waals surface area contributed by atoms with Crippen LogP contribution in [0.15, 0.2) is 53.5 Å². The van der Waals surface area contributed by atoms with Gasteiger partial charge in [-0.25, -0.2) is 9.78 Å². The maximum atomic E-state index is 12.9. The molecule has 2 aromatic carbocycles. The molecule has 1 unspecified atom stereocenters. The fourth-order valence-corrected chi connectivity index (χ4v) is 4.15. The van der Waals surface area contributed by atoms with Crippen LogP contribution in [-0.4, -0.2) is 27.1 Å². The van der Waals surface area contributed by atoms with E-state index < -0.39 is 11.7 Å². The minimum Gasteiger partial charge on any atom is -0.360 e. The lowest BCUT2D eigenvalue weighted by molar-refractivity contribution is -0.137. The number of nitrogens with zero attached hydrogens (tertiary/aromatic N) is 2. The average molecular weight is 447 g/mol. The highest BCUT2D eigenvalue weighted by Gasteiger charge is 2.30. The number of nitrogens with two attached hydrogens (primary N) is 1. The third-order valence-corrected chi connectivity index (χ3v) is 5.97. The summed E-state index contributed by atoms with van der Waals surface area (Å²) in [6.45, 7) is 0.370. The van der Waals surface area contributed by atoms with Gasteiger partial charge in [-0.15, -0.1) is 0 Å². The molecule has 0 aliphatic carbocycles. The summed E-state index contributed by atoms with van der Waals surface area (Å²) < 4.78 is 40.1. The number of fused-ring (bicyclic) bond motifs is 1. The van der Waals surface area contributed by atoms with Gasteiger partial charge in [0.15, 0.2) is 5.13 Å². The zero-order valence-corrected chi connectivity index (χ0v) is 17.3. The Kier molecular flexibility index (Phi) is 5.59. The highest BCUT2D eigenvalue weighted by Crippen LogP contribution is 2.31. The molecule has 0 amide bonds. The van der Waals surface area contributed by atoms with Gasteiger partial charge in [0.1, 0.15) is 0 Å². The molecule has 0 fully saturated rings. The van der Waals surface area contributed by atoms with Crippen LogP contribution in [0.25, 0.3) is 21.5 Å². The Morgan fingerprint density at radius 3 is 2.84 bits per heavy atom. The number of hydrogen-bond acceptors (Lipinski definition) is 5. The Hall–Kier alpha value is -3.11. The number of thiazole rings is 1. The lowest BCUT2D eigenvalue weighted by atomic mass is 10.0. The SMILES string of the molecule is Cn1c(=O)[nH]c2ccc(-c3cnc(NCC(N)Cc4cccc(C(F)(F)F)c4)s3)cc21. The molecule has 0 spiro atoms. The standard InChI is InChI=1S/C21H20F3N5OS/c1-29-17-9-13(5-6-16(17)28-20(29)30)18-11-27-19(31-18)26-10-15(25)8-12-3-2-4-14(7-12)21(22,23)24/h2-7,9,11,15H,8,10,25H2,1H3,(H,26,27)(H,28,30). The first-order valence-corrected chi connectivity index (χ1v) is 10.3. The van der Waals surface area contributed by atoms with E-state index in [2.05, 4.69) is 15.3 Å². The van der Waals surface area contributed by atoms with Crippen molar-refractivity contribution < 1.29 is 13.2 Å². The number of hydrogen-bond donors (Lipinski definition) is 3. The molecular weight excluding hydrogens is 427 g/mol. The maximum Gasteiger partial charge on any atom is 0.416 e. The highest BCUT2D eigenvalue weighted by molar-refractivity contribution is 7.18. The quantitative estimate of drug-likeness (QED) is 0.417. The molecule has 31 heavy (non-hydrogen) atoms. The summed E-state index contributed by atoms with van der Waals surface area (Å²) in [5.74, 6) is 0. The summed E-state index contributed by atoms with van der Waals surface area (Å²) >= 11 is 1.44. The fourth-order valence-electron chi connectivity index (χ4n) is 3.33. The third-order valence-electron chi connectivity index (χ3n) is 4.96. The lowest BCUT2D eigenvalue weighted by Gasteiger charge is -2.14. The second-order valence-electron chi connectivity index (χ2n) is 7.29. The number of nitrogens with one attached hydrogen (secondary N) is 2. The van der Waals surface area contributed by atoms with Crippen molar-refractivity contribution in [2.45, 2.75) is 18.6 Å². The number of anilines is 1. The lowest BCUT2D eigenvalue weighted by Crippen LogP contribution is -2.31. The summed E-state index contributed by atoms with van der Waals surface area (Å²) in [6.07, 6.45) is -2.32. The number of H-pyrrole nitrogens is 1. The molecule has 0 aliphatic rings. The molecule has 6 nitrogen and oxygen atoms in total. The van der Waals surface area contributed by atoms with E-state index in [0.29, 0.717) is 23.7 Å². The van der Waals surface area contributed by atoms with Gasteiger partial charge in [-0.3, -0.25) is 4.57 Å². The minimum atomic E-state index is -4.37. The van der Waals surface area contributed by atoms with Crippen LogP contribution in [0.5, 0.6) is 0 Å². The second-order valence-corrected chi connectivity index (χ2v) is 8.32. The number of halogens is 3. The molecule has 162 valence electrons. The summed E-state index contributed by atoms with van der Waals surface area (Å²) in [6, 6.07) is 10.5. The van der Waals surface area contributed by atoms with Crippen LogP contribution in [0, 0.1) is 0 Å². The van der Waals surface area contributed by atoms with Gasteiger partial charge in [-0.05, 0) is 35.7 Å². The summed E-state index contributed by atoms with van der Waals surface area (Å²) in [7, 11) is 1.70. The van der Waals surface area contributed by atoms with Crippen molar-refractivity contribution in [2.24, 2.45) is 12.8 Å². The summed E-state index contributed by atoms with van der Waals surface area (Å²) in [4.78, 5) is 19.8. The number of benzene rings is 2. The molecule has 0 aliphatic heterocycles. The van der Waals surface area contributed by atoms with Crippen molar-refractivity contribution in [3.05, 3.63) is 70.3 Å². The number of alkyl halides is 3. The van der Waals surface area contributed by atoms with Gasteiger partial charge < -0.3 is 16.0 Å². The third kappa shape index (κ3) is 4.64. The Labute approximate surface area is 179 Å². The predicted molar refractivity (Wildman–Crippen MR) is 116 cm³/mol. The zero-order chi connectivity index (χ0) is 22.2. The number of aromatic amines is 1. The van der Waals surface area contributed by atoms with Gasteiger partial charge in [-0.1, -0.05) is 35.6 Å². The first-order valence-electron chi connectivity index (χ1n) is 9.51. The van der Waals surface area contributed by atoms with E-state index >= 15 is 0 Å². The number of aromatic nitrogens is 3. The van der Waals surface area contributed by atoms with Gasteiger partial charge in [0, 0.05) is 25.8 Å². The topological polar surface area (TPSA) is 88.7 Å². The Balaban J connectivity index is 1.40. The number of imidazole rings is 1. The van der Waals surface area contributed by atoms with Crippen LogP contribution in [0.1, 0.15) is 11.1 Å². The Morgan fingerprint density at radius 2 is 2.06 bits per heavy atom. The van der Waals surface area contributed by atoms with Crippen molar-refractivity contribution in [3.63, 3.8) is 0 Å². The molecule has 10 heteroatoms. The molecule has 4 aromatic rings. The summed E-state index contributed by atoms with van der Waals surface area (Å²) in [5, 5.41) is 3.82. The van der Waals surface area contributed by atoms with E-state index in [1.165, 1.54) is 17.4 Å². The molecular formula is C21H20F3N5OS. The first-order chi connectivity index (χ1) is 14.7. The van der Waals surface area contributed by atoms with Crippen LogP contribution in [0.4, 0.5) is 18.3 Å². The Morgan fingerprint density at radius 1 is 1.26 bits per heavy atom. The first kappa shape index (κ1) is 21.1. The summed E-state index contributed by atoms with van der Waals surface area (Å²) in [5.41, 5.74) is 8.29. The van der Waals surface area contributed by atoms with Crippen molar-refractivity contribution in [2.75, 3.05) is 11.9 Å². The van der Waals surface area contributed by atoms with Crippen molar-refractivity contribution in [1.82, 2.24) is 14.5 Å². The molecule has 4 N–H and O–H groups in total. The van der Waals surface area contributed by atoms with Gasteiger partial charge >= 0.3 is 11.9 Å². The molecule has 2 heterocycles. The van der Waals surface area contributed by atoms with Crippen LogP contribution in [0.2, 0.25) is 0 Å². The molecule has 4 rings (SSSR count). The second kappa shape index (κ2) is 8.20. The van der Waals surface area contributed by atoms with E-state index in [9.17, 15) is 18.0 Å². The molecule has 0 bridgehead atoms. The van der Waals surface area contributed by atoms with Crippen molar-refractivity contribution >= 4 is 27.5 Å². The van der Waals surface area contributed by atoms with E-state index in [0.717, 1.165) is 33.6 Å². The van der Waals surface area contributed by atoms with E-state index in [-0.39, 0.29) is 11.7 Å². The molecule has 0 saturated carbocycles. The van der Waals surface area contributed by atoms with Gasteiger partial charge in [0.05, 0.1) is 21.5 Å². The van der Waals surface area contributed by atoms with E-state index in [1.54, 1.807) is 23.9 Å². The number of rotatable bonds is 6. The smallest absolute Gasteiger partial charge is 0.360 e. The minimum absolute atomic E-state index is 0.173. The van der Waals surface area contributed by atoms with Crippen LogP contribution < -0.4 is 16.7 Å². The average Bonchev–Trinajstić information content (AvgIpc) is 3.31. The van der Waals surface area contributed by atoms with Crippen LogP contribution >= 0.6 is 11.3 Å². The molecule has 0 saturated heterocycles. The van der Waals surface area contributed by atoms with Crippen LogP contribution in [0.3, 0.4) is 0 Å². The maximum absolute atomic E-state index is 12.9. The highest BCUT2D eigenvalue weighted by atomic mass is 32.1. The Bertz CT molecular complexity index is 1270. The molecule has 0 radical (unpaired) electrons. The number of aryl methyl sites for hydroxylation is 1. The zero-order valence-electron chi connectivity index (χ0n) is 16.5. The normalized spacial score (nSPS) is 12.9. The van der Waals surface area contributed by atoms with Gasteiger partial charge in [0.2, 0.25) is 0 Å². The van der Waals surface area contributed by atoms with E-state index in [4.69, 9.17) is 5.73 Å². The predicted octanol–water partition coefficient (Wildman–Crippen LogP) is 3.99. The largest absolute Gasteiger partial charge is 0.416 e. The monoisotopic (exact) mass is 447 g/mol. The van der Waals surface area contributed by atoms with Gasteiger partial charge in [0.25, 0.3) is 0 Å². The molecule has 2 aromatic heterocycles. The van der Waals surface area contributed by atoms with E-state index in [1.807, 2.05) is 18.2 Å². The fraction of sp³-hybridized carbons (Fsp3) is 0.238.